The first-order valence-corrected chi connectivity index (χ1v) is 9.81. The van der Waals surface area contributed by atoms with Gasteiger partial charge in [-0.3, -0.25) is 4.68 Å². The molecule has 1 aliphatic rings. The third kappa shape index (κ3) is 3.64. The van der Waals surface area contributed by atoms with Crippen molar-refractivity contribution in [1.82, 2.24) is 14.8 Å². The van der Waals surface area contributed by atoms with Crippen LogP contribution in [0.2, 0.25) is 5.02 Å². The van der Waals surface area contributed by atoms with Crippen LogP contribution in [0.1, 0.15) is 37.1 Å². The van der Waals surface area contributed by atoms with Gasteiger partial charge in [-0.15, -0.1) is 0 Å². The number of benzene rings is 1. The lowest BCUT2D eigenvalue weighted by atomic mass is 9.77. The maximum absolute atomic E-state index is 14.1. The highest BCUT2D eigenvalue weighted by Gasteiger charge is 2.46. The molecule has 2 N–H and O–H groups in total. The molecule has 0 saturated heterocycles. The van der Waals surface area contributed by atoms with E-state index in [1.165, 1.54) is 13.3 Å². The van der Waals surface area contributed by atoms with E-state index in [1.54, 1.807) is 31.3 Å². The second kappa shape index (κ2) is 7.44. The molecular formula is C21H21ClF3N3O2. The van der Waals surface area contributed by atoms with Gasteiger partial charge in [-0.1, -0.05) is 29.8 Å². The van der Waals surface area contributed by atoms with Gasteiger partial charge in [-0.25, -0.2) is 0 Å². The Morgan fingerprint density at radius 3 is 2.57 bits per heavy atom. The monoisotopic (exact) mass is 439 g/mol. The van der Waals surface area contributed by atoms with E-state index >= 15 is 0 Å². The van der Waals surface area contributed by atoms with Gasteiger partial charge in [0, 0.05) is 40.6 Å². The molecule has 1 aromatic carbocycles. The second-order valence-corrected chi connectivity index (χ2v) is 8.28. The fourth-order valence-electron chi connectivity index (χ4n) is 4.14. The Labute approximate surface area is 176 Å². The molecule has 1 fully saturated rings. The van der Waals surface area contributed by atoms with Crippen LogP contribution in [0, 0.1) is 0 Å². The molecule has 1 saturated carbocycles. The van der Waals surface area contributed by atoms with E-state index in [4.69, 9.17) is 16.3 Å². The quantitative estimate of drug-likeness (QED) is 0.555. The summed E-state index contributed by atoms with van der Waals surface area (Å²) in [6, 6.07) is 6.62. The molecule has 2 heterocycles. The highest BCUT2D eigenvalue weighted by atomic mass is 35.5. The number of aromatic nitrogens is 3. The molecule has 0 amide bonds. The van der Waals surface area contributed by atoms with Gasteiger partial charge in [-0.05, 0) is 25.8 Å². The number of methoxy groups -OCH3 is 1. The van der Waals surface area contributed by atoms with E-state index in [0.717, 1.165) is 4.68 Å². The van der Waals surface area contributed by atoms with Crippen LogP contribution in [0.15, 0.2) is 36.7 Å². The van der Waals surface area contributed by atoms with Crippen molar-refractivity contribution in [1.29, 1.82) is 0 Å². The number of aliphatic hydroxyl groups is 1. The highest BCUT2D eigenvalue weighted by Crippen LogP contribution is 2.47. The fourth-order valence-corrected chi connectivity index (χ4v) is 4.38. The zero-order valence-electron chi connectivity index (χ0n) is 16.4. The van der Waals surface area contributed by atoms with Gasteiger partial charge in [0.05, 0.1) is 30.1 Å². The number of hydrogen-bond acceptors (Lipinski definition) is 3. The molecule has 0 aliphatic heterocycles. The van der Waals surface area contributed by atoms with E-state index < -0.39 is 23.5 Å². The molecule has 160 valence electrons. The van der Waals surface area contributed by atoms with Crippen LogP contribution < -0.4 is 0 Å². The molecule has 2 aromatic heterocycles. The number of aromatic amines is 1. The molecule has 0 atom stereocenters. The molecule has 0 unspecified atom stereocenters. The summed E-state index contributed by atoms with van der Waals surface area (Å²) in [5.74, 6) is 0. The van der Waals surface area contributed by atoms with Crippen molar-refractivity contribution in [2.24, 2.45) is 0 Å². The zero-order valence-corrected chi connectivity index (χ0v) is 17.2. The molecule has 1 aliphatic carbocycles. The van der Waals surface area contributed by atoms with Crippen LogP contribution in [-0.2, 0) is 17.5 Å². The summed E-state index contributed by atoms with van der Waals surface area (Å²) in [6.07, 6.45) is -1.32. The van der Waals surface area contributed by atoms with Crippen molar-refractivity contribution in [2.45, 2.75) is 44.2 Å². The van der Waals surface area contributed by atoms with E-state index in [9.17, 15) is 18.3 Å². The lowest BCUT2D eigenvalue weighted by Gasteiger charge is -2.41. The van der Waals surface area contributed by atoms with E-state index in [0.29, 0.717) is 21.7 Å². The van der Waals surface area contributed by atoms with Crippen LogP contribution in [-0.4, -0.2) is 32.6 Å². The molecule has 0 spiro atoms. The fraction of sp³-hybridized carbons (Fsp3) is 0.381. The van der Waals surface area contributed by atoms with Gasteiger partial charge in [0.15, 0.2) is 5.69 Å². The van der Waals surface area contributed by atoms with Crippen LogP contribution >= 0.6 is 11.6 Å². The number of rotatable bonds is 5. The summed E-state index contributed by atoms with van der Waals surface area (Å²) in [6.45, 7) is 1.71. The Morgan fingerprint density at radius 1 is 1.27 bits per heavy atom. The summed E-state index contributed by atoms with van der Waals surface area (Å²) in [5, 5.41) is 14.5. The average molecular weight is 440 g/mol. The number of ether oxygens (including phenoxy) is 1. The Kier molecular flexibility index (Phi) is 5.20. The smallest absolute Gasteiger partial charge is 0.390 e. The van der Waals surface area contributed by atoms with Crippen LogP contribution in [0.25, 0.3) is 22.4 Å². The van der Waals surface area contributed by atoms with Gasteiger partial charge in [-0.2, -0.15) is 18.3 Å². The molecule has 0 bridgehead atoms. The van der Waals surface area contributed by atoms with Gasteiger partial charge in [0.25, 0.3) is 0 Å². The first-order chi connectivity index (χ1) is 14.1. The number of H-pyrrole nitrogens is 1. The van der Waals surface area contributed by atoms with E-state index in [2.05, 4.69) is 10.1 Å². The summed E-state index contributed by atoms with van der Waals surface area (Å²) in [5.41, 5.74) is 0.361. The first-order valence-electron chi connectivity index (χ1n) is 9.44. The topological polar surface area (TPSA) is 63.1 Å². The Morgan fingerprint density at radius 2 is 1.97 bits per heavy atom. The number of nitrogens with zero attached hydrogens (tertiary/aromatic N) is 2. The summed E-state index contributed by atoms with van der Waals surface area (Å²) in [4.78, 5) is 2.98. The summed E-state index contributed by atoms with van der Waals surface area (Å²) in [7, 11) is 1.48. The maximum Gasteiger partial charge on any atom is 0.433 e. The Bertz CT molecular complexity index is 1060. The van der Waals surface area contributed by atoms with Crippen molar-refractivity contribution in [2.75, 3.05) is 7.11 Å². The zero-order chi connectivity index (χ0) is 21.7. The highest BCUT2D eigenvalue weighted by molar-refractivity contribution is 6.33. The molecule has 3 aromatic rings. The lowest BCUT2D eigenvalue weighted by Crippen LogP contribution is -2.43. The maximum atomic E-state index is 14.1. The van der Waals surface area contributed by atoms with Gasteiger partial charge < -0.3 is 14.8 Å². The number of halogens is 4. The Hall–Kier alpha value is -2.29. The second-order valence-electron chi connectivity index (χ2n) is 7.88. The SMILES string of the molecule is COCc1c(-c2ccccc2Cl)c[nH]c1-c1cnn(C2CC(C)(O)C2)c1C(F)(F)F. The minimum atomic E-state index is -4.62. The van der Waals surface area contributed by atoms with Gasteiger partial charge >= 0.3 is 6.18 Å². The molecule has 5 nitrogen and oxygen atoms in total. The van der Waals surface area contributed by atoms with Crippen molar-refractivity contribution < 1.29 is 23.0 Å². The number of alkyl halides is 3. The first kappa shape index (κ1) is 21.0. The van der Waals surface area contributed by atoms with E-state index in [-0.39, 0.29) is 30.7 Å². The number of hydrogen-bond donors (Lipinski definition) is 2. The van der Waals surface area contributed by atoms with Crippen LogP contribution in [0.3, 0.4) is 0 Å². The standard InChI is InChI=1S/C21H21ClF3N3O2/c1-20(29)7-12(8-20)28-19(21(23,24)25)15(10-27-28)18-16(11-30-2)14(9-26-18)13-5-3-4-6-17(13)22/h3-6,9-10,12,26,29H,7-8,11H2,1-2H3. The molecule has 4 rings (SSSR count). The number of nitrogens with one attached hydrogen (secondary N) is 1. The van der Waals surface area contributed by atoms with Crippen LogP contribution in [0.5, 0.6) is 0 Å². The molecule has 0 radical (unpaired) electrons. The third-order valence-electron chi connectivity index (χ3n) is 5.47. The van der Waals surface area contributed by atoms with Crippen molar-refractivity contribution in [3.63, 3.8) is 0 Å². The van der Waals surface area contributed by atoms with Crippen molar-refractivity contribution in [3.8, 4) is 22.4 Å². The van der Waals surface area contributed by atoms with Gasteiger partial charge in [0.2, 0.25) is 0 Å². The van der Waals surface area contributed by atoms with Gasteiger partial charge in [0.1, 0.15) is 0 Å². The Balaban J connectivity index is 1.85. The summed E-state index contributed by atoms with van der Waals surface area (Å²) >= 11 is 6.31. The largest absolute Gasteiger partial charge is 0.433 e. The minimum absolute atomic E-state index is 0.0561. The average Bonchev–Trinajstić information content (AvgIpc) is 3.24. The van der Waals surface area contributed by atoms with Crippen LogP contribution in [0.4, 0.5) is 13.2 Å². The third-order valence-corrected chi connectivity index (χ3v) is 5.80. The lowest BCUT2D eigenvalue weighted by molar-refractivity contribution is -0.148. The minimum Gasteiger partial charge on any atom is -0.390 e. The molecule has 30 heavy (non-hydrogen) atoms. The predicted octanol–water partition coefficient (Wildman–Crippen LogP) is 5.45. The van der Waals surface area contributed by atoms with Crippen molar-refractivity contribution in [3.05, 3.63) is 52.9 Å². The predicted molar refractivity (Wildman–Crippen MR) is 107 cm³/mol. The normalized spacial score (nSPS) is 21.6. The summed E-state index contributed by atoms with van der Waals surface area (Å²) < 4.78 is 48.5. The molecular weight excluding hydrogens is 419 g/mol. The van der Waals surface area contributed by atoms with E-state index in [1.807, 2.05) is 6.07 Å². The van der Waals surface area contributed by atoms with Crippen molar-refractivity contribution >= 4 is 11.6 Å². The molecule has 9 heteroatoms.